The van der Waals surface area contributed by atoms with Crippen LogP contribution < -0.4 is 11.1 Å². The molecule has 1 heterocycles. The van der Waals surface area contributed by atoms with Gasteiger partial charge < -0.3 is 11.1 Å². The Morgan fingerprint density at radius 2 is 2.38 bits per heavy atom. The van der Waals surface area contributed by atoms with Crippen LogP contribution in [0.2, 0.25) is 0 Å². The van der Waals surface area contributed by atoms with Gasteiger partial charge in [-0.05, 0) is 30.9 Å². The van der Waals surface area contributed by atoms with Crippen LogP contribution in [0.15, 0.2) is 18.3 Å². The predicted molar refractivity (Wildman–Crippen MR) is 70.6 cm³/mol. The molecule has 86 valence electrons. The topological polar surface area (TPSA) is 50.9 Å². The Hall–Kier alpha value is -1.16. The maximum absolute atomic E-state index is 5.61. The second-order valence-electron chi connectivity index (χ2n) is 4.28. The summed E-state index contributed by atoms with van der Waals surface area (Å²) in [7, 11) is 0. The molecule has 0 aromatic carbocycles. The number of hydrogen-bond acceptors (Lipinski definition) is 3. The summed E-state index contributed by atoms with van der Waals surface area (Å²) in [5, 5.41) is 3.35. The molecule has 16 heavy (non-hydrogen) atoms. The zero-order valence-corrected chi connectivity index (χ0v) is 10.1. The van der Waals surface area contributed by atoms with Crippen LogP contribution in [0.25, 0.3) is 0 Å². The highest BCUT2D eigenvalue weighted by Crippen LogP contribution is 2.33. The zero-order chi connectivity index (χ0) is 11.4. The van der Waals surface area contributed by atoms with E-state index >= 15 is 0 Å². The number of anilines is 1. The molecular weight excluding hydrogens is 218 g/mol. The number of thiocarbonyl (C=S) groups is 1. The summed E-state index contributed by atoms with van der Waals surface area (Å²) < 4.78 is 0. The van der Waals surface area contributed by atoms with Crippen molar-refractivity contribution in [3.8, 4) is 0 Å². The molecule has 0 saturated heterocycles. The van der Waals surface area contributed by atoms with Crippen LogP contribution in [0.1, 0.15) is 31.4 Å². The van der Waals surface area contributed by atoms with Crippen LogP contribution in [0.4, 0.5) is 5.69 Å². The maximum Gasteiger partial charge on any atom is 0.124 e. The lowest BCUT2D eigenvalue weighted by molar-refractivity contribution is 0.687. The fourth-order valence-electron chi connectivity index (χ4n) is 1.76. The monoisotopic (exact) mass is 235 g/mol. The zero-order valence-electron chi connectivity index (χ0n) is 9.28. The number of nitrogens with two attached hydrogens (primary N) is 1. The fourth-order valence-corrected chi connectivity index (χ4v) is 1.93. The van der Waals surface area contributed by atoms with Crippen LogP contribution in [0.3, 0.4) is 0 Å². The highest BCUT2D eigenvalue weighted by molar-refractivity contribution is 7.80. The lowest BCUT2D eigenvalue weighted by atomic mass is 10.2. The Morgan fingerprint density at radius 1 is 1.56 bits per heavy atom. The van der Waals surface area contributed by atoms with Gasteiger partial charge in [-0.2, -0.15) is 0 Å². The summed E-state index contributed by atoms with van der Waals surface area (Å²) in [6.07, 6.45) is 7.09. The van der Waals surface area contributed by atoms with E-state index in [1.165, 1.54) is 25.7 Å². The first-order chi connectivity index (χ1) is 7.77. The van der Waals surface area contributed by atoms with Gasteiger partial charge in [-0.3, -0.25) is 4.98 Å². The molecule has 1 fully saturated rings. The summed E-state index contributed by atoms with van der Waals surface area (Å²) in [6, 6.07) is 3.86. The minimum Gasteiger partial charge on any atom is -0.388 e. The number of rotatable bonds is 6. The standard InChI is InChI=1S/C12H17N3S/c13-12(16)11-10(4-2-8-15-11)14-7-1-3-9-5-6-9/h2,4,8-9,14H,1,3,5-7H2,(H2,13,16). The van der Waals surface area contributed by atoms with E-state index in [4.69, 9.17) is 18.0 Å². The molecule has 1 aromatic rings. The van der Waals surface area contributed by atoms with Crippen molar-refractivity contribution in [1.82, 2.24) is 4.98 Å². The quantitative estimate of drug-likeness (QED) is 0.587. The smallest absolute Gasteiger partial charge is 0.124 e. The van der Waals surface area contributed by atoms with E-state index in [-0.39, 0.29) is 0 Å². The van der Waals surface area contributed by atoms with Gasteiger partial charge in [-0.15, -0.1) is 0 Å². The molecule has 1 aliphatic carbocycles. The van der Waals surface area contributed by atoms with Crippen LogP contribution >= 0.6 is 12.2 Å². The summed E-state index contributed by atoms with van der Waals surface area (Å²) >= 11 is 4.96. The highest BCUT2D eigenvalue weighted by atomic mass is 32.1. The molecule has 2 rings (SSSR count). The molecule has 0 atom stereocenters. The number of aromatic nitrogens is 1. The van der Waals surface area contributed by atoms with Gasteiger partial charge in [0.25, 0.3) is 0 Å². The lowest BCUT2D eigenvalue weighted by Crippen LogP contribution is -2.15. The van der Waals surface area contributed by atoms with Crippen molar-refractivity contribution < 1.29 is 0 Å². The molecule has 0 radical (unpaired) electrons. The SMILES string of the molecule is NC(=S)c1ncccc1NCCCC1CC1. The Labute approximate surface area is 101 Å². The van der Waals surface area contributed by atoms with Crippen molar-refractivity contribution in [3.63, 3.8) is 0 Å². The second kappa shape index (κ2) is 5.25. The van der Waals surface area contributed by atoms with E-state index in [2.05, 4.69) is 10.3 Å². The number of hydrogen-bond donors (Lipinski definition) is 2. The van der Waals surface area contributed by atoms with Gasteiger partial charge in [0.2, 0.25) is 0 Å². The third-order valence-corrected chi connectivity index (χ3v) is 3.04. The van der Waals surface area contributed by atoms with Crippen molar-refractivity contribution in [2.75, 3.05) is 11.9 Å². The van der Waals surface area contributed by atoms with Gasteiger partial charge in [-0.1, -0.05) is 25.1 Å². The number of nitrogens with zero attached hydrogens (tertiary/aromatic N) is 1. The molecular formula is C12H17N3S. The van der Waals surface area contributed by atoms with Crippen molar-refractivity contribution in [3.05, 3.63) is 24.0 Å². The highest BCUT2D eigenvalue weighted by Gasteiger charge is 2.19. The van der Waals surface area contributed by atoms with Crippen molar-refractivity contribution in [2.24, 2.45) is 11.7 Å². The van der Waals surface area contributed by atoms with Gasteiger partial charge in [0.1, 0.15) is 10.7 Å². The van der Waals surface area contributed by atoms with E-state index in [0.717, 1.165) is 18.2 Å². The van der Waals surface area contributed by atoms with E-state index in [9.17, 15) is 0 Å². The summed E-state index contributed by atoms with van der Waals surface area (Å²) in [6.45, 7) is 0.970. The van der Waals surface area contributed by atoms with Gasteiger partial charge in [0.05, 0.1) is 5.69 Å². The molecule has 3 N–H and O–H groups in total. The largest absolute Gasteiger partial charge is 0.388 e. The average Bonchev–Trinajstić information content (AvgIpc) is 3.08. The number of nitrogens with one attached hydrogen (secondary N) is 1. The van der Waals surface area contributed by atoms with Crippen LogP contribution in [0, 0.1) is 5.92 Å². The molecule has 1 aromatic heterocycles. The second-order valence-corrected chi connectivity index (χ2v) is 4.72. The van der Waals surface area contributed by atoms with E-state index in [1.807, 2.05) is 12.1 Å². The van der Waals surface area contributed by atoms with Gasteiger partial charge in [0.15, 0.2) is 0 Å². The van der Waals surface area contributed by atoms with Gasteiger partial charge in [0, 0.05) is 12.7 Å². The Bertz CT molecular complexity index is 374. The van der Waals surface area contributed by atoms with Crippen LogP contribution in [-0.4, -0.2) is 16.5 Å². The maximum atomic E-state index is 5.61. The van der Waals surface area contributed by atoms with E-state index < -0.39 is 0 Å². The van der Waals surface area contributed by atoms with Gasteiger partial charge >= 0.3 is 0 Å². The Morgan fingerprint density at radius 3 is 3.06 bits per heavy atom. The summed E-state index contributed by atoms with van der Waals surface area (Å²) in [5.74, 6) is 0.991. The predicted octanol–water partition coefficient (Wildman–Crippen LogP) is 2.32. The first-order valence-electron chi connectivity index (χ1n) is 5.76. The van der Waals surface area contributed by atoms with E-state index in [0.29, 0.717) is 10.7 Å². The van der Waals surface area contributed by atoms with Crippen molar-refractivity contribution in [2.45, 2.75) is 25.7 Å². The third kappa shape index (κ3) is 3.17. The molecule has 0 bridgehead atoms. The Kier molecular flexibility index (Phi) is 3.72. The van der Waals surface area contributed by atoms with Crippen LogP contribution in [-0.2, 0) is 0 Å². The lowest BCUT2D eigenvalue weighted by Gasteiger charge is -2.09. The molecule has 4 heteroatoms. The summed E-state index contributed by atoms with van der Waals surface area (Å²) in [5.41, 5.74) is 7.25. The van der Waals surface area contributed by atoms with Crippen molar-refractivity contribution in [1.29, 1.82) is 0 Å². The molecule has 1 saturated carbocycles. The van der Waals surface area contributed by atoms with Gasteiger partial charge in [-0.25, -0.2) is 0 Å². The molecule has 0 spiro atoms. The van der Waals surface area contributed by atoms with Crippen LogP contribution in [0.5, 0.6) is 0 Å². The number of pyridine rings is 1. The minimum atomic E-state index is 0.352. The molecule has 0 aliphatic heterocycles. The molecule has 0 unspecified atom stereocenters. The fraction of sp³-hybridized carbons (Fsp3) is 0.500. The first-order valence-corrected chi connectivity index (χ1v) is 6.17. The normalized spacial score (nSPS) is 14.8. The minimum absolute atomic E-state index is 0.352. The average molecular weight is 235 g/mol. The summed E-state index contributed by atoms with van der Waals surface area (Å²) in [4.78, 5) is 4.53. The van der Waals surface area contributed by atoms with Crippen molar-refractivity contribution >= 4 is 22.9 Å². The first kappa shape index (κ1) is 11.3. The third-order valence-electron chi connectivity index (χ3n) is 2.84. The van der Waals surface area contributed by atoms with E-state index in [1.54, 1.807) is 6.20 Å². The molecule has 0 amide bonds. The Balaban J connectivity index is 1.84. The molecule has 3 nitrogen and oxygen atoms in total. The molecule has 1 aliphatic rings.